The molecule has 0 bridgehead atoms. The predicted molar refractivity (Wildman–Crippen MR) is 141 cm³/mol. The zero-order chi connectivity index (χ0) is 27.4. The first kappa shape index (κ1) is 27.9. The van der Waals surface area contributed by atoms with E-state index in [1.165, 1.54) is 26.2 Å². The smallest absolute Gasteiger partial charge is 0.295 e. The van der Waals surface area contributed by atoms with Gasteiger partial charge in [-0.25, -0.2) is 0 Å². The van der Waals surface area contributed by atoms with E-state index in [2.05, 4.69) is 0 Å². The van der Waals surface area contributed by atoms with Crippen LogP contribution in [-0.2, 0) is 9.59 Å². The Kier molecular flexibility index (Phi) is 8.70. The minimum absolute atomic E-state index is 0.00467. The number of methoxy groups -OCH3 is 3. The second-order valence-electron chi connectivity index (χ2n) is 9.40. The number of Topliss-reactive ketones (excluding diaryl/α,β-unsaturated/α-hetero) is 1. The molecule has 0 spiro atoms. The molecule has 1 N–H and O–H groups in total. The average molecular weight is 513 g/mol. The van der Waals surface area contributed by atoms with Crippen molar-refractivity contribution in [1.29, 1.82) is 0 Å². The first-order valence-corrected chi connectivity index (χ1v) is 12.0. The van der Waals surface area contributed by atoms with Crippen molar-refractivity contribution >= 4 is 17.4 Å². The summed E-state index contributed by atoms with van der Waals surface area (Å²) < 4.78 is 22.3. The number of amides is 1. The molecule has 1 amide bonds. The molecule has 0 unspecified atom stereocenters. The molecule has 2 aromatic rings. The normalized spacial score (nSPS) is 17.0. The number of ether oxygens (including phenoxy) is 4. The van der Waals surface area contributed by atoms with Crippen molar-refractivity contribution in [3.8, 4) is 23.0 Å². The highest BCUT2D eigenvalue weighted by atomic mass is 16.5. The number of nitrogens with zero attached hydrogens (tertiary/aromatic N) is 2. The molecule has 1 aliphatic heterocycles. The van der Waals surface area contributed by atoms with Crippen LogP contribution in [0.5, 0.6) is 23.0 Å². The first-order valence-electron chi connectivity index (χ1n) is 12.0. The maximum atomic E-state index is 13.4. The van der Waals surface area contributed by atoms with Crippen LogP contribution in [0.15, 0.2) is 35.9 Å². The summed E-state index contributed by atoms with van der Waals surface area (Å²) in [6, 6.07) is 7.70. The number of hydrogen-bond acceptors (Lipinski definition) is 8. The van der Waals surface area contributed by atoms with Crippen LogP contribution < -0.4 is 18.9 Å². The zero-order valence-corrected chi connectivity index (χ0v) is 22.7. The maximum Gasteiger partial charge on any atom is 0.295 e. The van der Waals surface area contributed by atoms with E-state index >= 15 is 0 Å². The molecule has 0 aliphatic carbocycles. The molecular formula is C28H36N2O7. The third-order valence-electron chi connectivity index (χ3n) is 6.14. The number of carbonyl (C=O) groups is 2. The van der Waals surface area contributed by atoms with Gasteiger partial charge in [0.05, 0.1) is 39.0 Å². The van der Waals surface area contributed by atoms with Crippen molar-refractivity contribution in [2.24, 2.45) is 0 Å². The molecule has 0 radical (unpaired) electrons. The number of hydrogen-bond donors (Lipinski definition) is 1. The van der Waals surface area contributed by atoms with Crippen LogP contribution in [0, 0.1) is 6.92 Å². The molecule has 1 atom stereocenters. The quantitative estimate of drug-likeness (QED) is 0.292. The summed E-state index contributed by atoms with van der Waals surface area (Å²) in [6.07, 6.45) is -0.0137. The van der Waals surface area contributed by atoms with Crippen molar-refractivity contribution in [2.45, 2.75) is 32.9 Å². The molecule has 1 aliphatic rings. The van der Waals surface area contributed by atoms with Crippen LogP contribution in [0.3, 0.4) is 0 Å². The molecule has 1 saturated heterocycles. The number of aliphatic hydroxyl groups excluding tert-OH is 1. The predicted octanol–water partition coefficient (Wildman–Crippen LogP) is 3.79. The van der Waals surface area contributed by atoms with Gasteiger partial charge in [0.25, 0.3) is 11.7 Å². The molecule has 9 heteroatoms. The Labute approximate surface area is 218 Å². The number of benzene rings is 2. The fourth-order valence-electron chi connectivity index (χ4n) is 4.36. The Hall–Kier alpha value is -3.72. The standard InChI is InChI=1S/C28H36N2O7/c1-16(2)37-20-10-9-18(13-17(20)3)25(31)23-24(30(12-11-29(4)5)28(33)26(23)32)19-14-21(34-6)27(36-8)22(15-19)35-7/h9-10,13-16,24,31H,11-12H2,1-8H3/b25-23+/t24-/m0/s1. The number of ketones is 1. The summed E-state index contributed by atoms with van der Waals surface area (Å²) in [7, 11) is 8.25. The summed E-state index contributed by atoms with van der Waals surface area (Å²) in [5.74, 6) is 0.120. The molecule has 0 saturated carbocycles. The van der Waals surface area contributed by atoms with Gasteiger partial charge in [0, 0.05) is 18.7 Å². The molecular weight excluding hydrogens is 476 g/mol. The van der Waals surface area contributed by atoms with E-state index in [1.54, 1.807) is 30.3 Å². The number of likely N-dealkylation sites (tertiary alicyclic amines) is 1. The molecule has 1 heterocycles. The lowest BCUT2D eigenvalue weighted by Gasteiger charge is -2.27. The number of likely N-dealkylation sites (N-methyl/N-ethyl adjacent to an activating group) is 1. The molecule has 0 aromatic heterocycles. The van der Waals surface area contributed by atoms with Crippen LogP contribution in [-0.4, -0.2) is 81.2 Å². The second kappa shape index (κ2) is 11.6. The van der Waals surface area contributed by atoms with E-state index in [-0.39, 0.29) is 24.0 Å². The molecule has 37 heavy (non-hydrogen) atoms. The average Bonchev–Trinajstić information content (AvgIpc) is 3.11. The number of rotatable bonds is 10. The second-order valence-corrected chi connectivity index (χ2v) is 9.40. The summed E-state index contributed by atoms with van der Waals surface area (Å²) >= 11 is 0. The van der Waals surface area contributed by atoms with Gasteiger partial charge in [0.2, 0.25) is 5.75 Å². The van der Waals surface area contributed by atoms with E-state index in [0.717, 1.165) is 5.56 Å². The topological polar surface area (TPSA) is 97.8 Å². The summed E-state index contributed by atoms with van der Waals surface area (Å²) in [5, 5.41) is 11.4. The Morgan fingerprint density at radius 3 is 2.11 bits per heavy atom. The Balaban J connectivity index is 2.23. The Morgan fingerprint density at radius 1 is 1.00 bits per heavy atom. The van der Waals surface area contributed by atoms with E-state index in [1.807, 2.05) is 39.8 Å². The Bertz CT molecular complexity index is 1180. The van der Waals surface area contributed by atoms with Crippen LogP contribution in [0.1, 0.15) is 36.6 Å². The van der Waals surface area contributed by atoms with Crippen LogP contribution in [0.2, 0.25) is 0 Å². The summed E-state index contributed by atoms with van der Waals surface area (Å²) in [5.41, 5.74) is 1.75. The van der Waals surface area contributed by atoms with E-state index in [4.69, 9.17) is 18.9 Å². The lowest BCUT2D eigenvalue weighted by Crippen LogP contribution is -2.35. The van der Waals surface area contributed by atoms with Crippen molar-refractivity contribution in [3.05, 3.63) is 52.6 Å². The van der Waals surface area contributed by atoms with E-state index < -0.39 is 17.7 Å². The SMILES string of the molecule is COc1cc([C@H]2/C(=C(\O)c3ccc(OC(C)C)c(C)c3)C(=O)C(=O)N2CCN(C)C)cc(OC)c1OC. The number of aryl methyl sites for hydroxylation is 1. The third-order valence-corrected chi connectivity index (χ3v) is 6.14. The fourth-order valence-corrected chi connectivity index (χ4v) is 4.36. The third kappa shape index (κ3) is 5.67. The number of carbonyl (C=O) groups excluding carboxylic acids is 2. The van der Waals surface area contributed by atoms with Gasteiger partial charge in [-0.3, -0.25) is 9.59 Å². The Morgan fingerprint density at radius 2 is 1.62 bits per heavy atom. The lowest BCUT2D eigenvalue weighted by atomic mass is 9.94. The molecule has 2 aromatic carbocycles. The maximum absolute atomic E-state index is 13.4. The van der Waals surface area contributed by atoms with Crippen molar-refractivity contribution < 1.29 is 33.6 Å². The molecule has 1 fully saturated rings. The summed E-state index contributed by atoms with van der Waals surface area (Å²) in [6.45, 7) is 6.52. The van der Waals surface area contributed by atoms with E-state index in [0.29, 0.717) is 40.7 Å². The minimum atomic E-state index is -0.861. The van der Waals surface area contributed by atoms with Crippen molar-refractivity contribution in [1.82, 2.24) is 9.80 Å². The molecule has 200 valence electrons. The monoisotopic (exact) mass is 512 g/mol. The van der Waals surface area contributed by atoms with Gasteiger partial charge in [0.15, 0.2) is 11.5 Å². The largest absolute Gasteiger partial charge is 0.507 e. The van der Waals surface area contributed by atoms with Crippen LogP contribution in [0.25, 0.3) is 5.76 Å². The molecule has 9 nitrogen and oxygen atoms in total. The van der Waals surface area contributed by atoms with Gasteiger partial charge in [-0.05, 0) is 76.3 Å². The lowest BCUT2D eigenvalue weighted by molar-refractivity contribution is -0.140. The van der Waals surface area contributed by atoms with Gasteiger partial charge in [-0.15, -0.1) is 0 Å². The highest BCUT2D eigenvalue weighted by Crippen LogP contribution is 2.45. The van der Waals surface area contributed by atoms with Gasteiger partial charge < -0.3 is 33.9 Å². The van der Waals surface area contributed by atoms with Gasteiger partial charge in [0.1, 0.15) is 11.5 Å². The first-order chi connectivity index (χ1) is 17.5. The van der Waals surface area contributed by atoms with Gasteiger partial charge in [-0.2, -0.15) is 0 Å². The van der Waals surface area contributed by atoms with Crippen molar-refractivity contribution in [3.63, 3.8) is 0 Å². The van der Waals surface area contributed by atoms with Crippen LogP contribution in [0.4, 0.5) is 0 Å². The van der Waals surface area contributed by atoms with Crippen molar-refractivity contribution in [2.75, 3.05) is 48.5 Å². The van der Waals surface area contributed by atoms with Gasteiger partial charge in [-0.1, -0.05) is 0 Å². The summed E-state index contributed by atoms with van der Waals surface area (Å²) in [4.78, 5) is 30.0. The van der Waals surface area contributed by atoms with Gasteiger partial charge >= 0.3 is 0 Å². The highest BCUT2D eigenvalue weighted by molar-refractivity contribution is 6.46. The fraction of sp³-hybridized carbons (Fsp3) is 0.429. The molecule has 3 rings (SSSR count). The minimum Gasteiger partial charge on any atom is -0.507 e. The zero-order valence-electron chi connectivity index (χ0n) is 22.7. The number of aliphatic hydroxyl groups is 1. The highest BCUT2D eigenvalue weighted by Gasteiger charge is 2.46. The van der Waals surface area contributed by atoms with Crippen LogP contribution >= 0.6 is 0 Å². The van der Waals surface area contributed by atoms with E-state index in [9.17, 15) is 14.7 Å².